The highest BCUT2D eigenvalue weighted by molar-refractivity contribution is 7.94. The maximum Gasteiger partial charge on any atom is 0.271 e. The Morgan fingerprint density at radius 2 is 2.00 bits per heavy atom. The Balaban J connectivity index is 1.49. The van der Waals surface area contributed by atoms with E-state index in [4.69, 9.17) is 0 Å². The third-order valence-electron chi connectivity index (χ3n) is 5.02. The van der Waals surface area contributed by atoms with Gasteiger partial charge in [0.05, 0.1) is 15.9 Å². The molecule has 1 aliphatic rings. The Morgan fingerprint density at radius 1 is 1.24 bits per heavy atom. The molecule has 10 heteroatoms. The fraction of sp³-hybridized carbons (Fsp3) is 0.368. The molecule has 29 heavy (non-hydrogen) atoms. The number of aryl methyl sites for hydroxylation is 1. The van der Waals surface area contributed by atoms with Crippen LogP contribution in [0.15, 0.2) is 33.9 Å². The van der Waals surface area contributed by atoms with E-state index in [2.05, 4.69) is 27.0 Å². The van der Waals surface area contributed by atoms with Gasteiger partial charge in [0.1, 0.15) is 4.21 Å². The van der Waals surface area contributed by atoms with Crippen LogP contribution in [0.25, 0.3) is 10.2 Å². The number of thiophene rings is 1. The fourth-order valence-corrected chi connectivity index (χ4v) is 6.73. The van der Waals surface area contributed by atoms with Crippen molar-refractivity contribution < 1.29 is 13.2 Å². The number of hydrogen-bond acceptors (Lipinski definition) is 7. The molecule has 0 aliphatic carbocycles. The summed E-state index contributed by atoms with van der Waals surface area (Å²) in [5.41, 5.74) is 1.92. The van der Waals surface area contributed by atoms with Crippen LogP contribution in [0.1, 0.15) is 18.4 Å². The number of piperidine rings is 1. The zero-order valence-corrected chi connectivity index (χ0v) is 18.6. The number of thiazole rings is 1. The van der Waals surface area contributed by atoms with Crippen molar-refractivity contribution in [2.75, 3.05) is 30.2 Å². The monoisotopic (exact) mass is 450 g/mol. The summed E-state index contributed by atoms with van der Waals surface area (Å²) in [5.74, 6) is 0.0147. The lowest BCUT2D eigenvalue weighted by Crippen LogP contribution is -2.35. The van der Waals surface area contributed by atoms with Crippen molar-refractivity contribution in [1.29, 1.82) is 0 Å². The van der Waals surface area contributed by atoms with Gasteiger partial charge in [-0.2, -0.15) is 0 Å². The number of hydrogen-bond donors (Lipinski definition) is 2. The summed E-state index contributed by atoms with van der Waals surface area (Å²) in [4.78, 5) is 19.2. The summed E-state index contributed by atoms with van der Waals surface area (Å²) < 4.78 is 28.9. The first-order chi connectivity index (χ1) is 13.8. The summed E-state index contributed by atoms with van der Waals surface area (Å²) in [6.07, 6.45) is 1.70. The van der Waals surface area contributed by atoms with E-state index in [1.165, 1.54) is 22.7 Å². The number of carbonyl (C=O) groups is 1. The van der Waals surface area contributed by atoms with Crippen LogP contribution in [0.5, 0.6) is 0 Å². The van der Waals surface area contributed by atoms with Crippen LogP contribution in [-0.4, -0.2) is 44.3 Å². The van der Waals surface area contributed by atoms with Crippen LogP contribution < -0.4 is 10.0 Å². The van der Waals surface area contributed by atoms with Gasteiger partial charge in [-0.25, -0.2) is 13.4 Å². The van der Waals surface area contributed by atoms with E-state index in [0.29, 0.717) is 15.0 Å². The summed E-state index contributed by atoms with van der Waals surface area (Å²) >= 11 is 2.54. The highest BCUT2D eigenvalue weighted by Gasteiger charge is 2.24. The maximum absolute atomic E-state index is 12.6. The second kappa shape index (κ2) is 8.02. The van der Waals surface area contributed by atoms with Gasteiger partial charge in [-0.3, -0.25) is 9.52 Å². The highest BCUT2D eigenvalue weighted by atomic mass is 32.2. The Hall–Kier alpha value is -2.01. The molecule has 154 valence electrons. The first-order valence-corrected chi connectivity index (χ1v) is 12.5. The van der Waals surface area contributed by atoms with Crippen molar-refractivity contribution in [1.82, 2.24) is 9.88 Å². The quantitative estimate of drug-likeness (QED) is 0.618. The molecular weight excluding hydrogens is 428 g/mol. The minimum absolute atomic E-state index is 0.00579. The van der Waals surface area contributed by atoms with E-state index in [-0.39, 0.29) is 11.8 Å². The number of carbonyl (C=O) groups excluding carboxylic acids is 1. The Bertz CT molecular complexity index is 1140. The molecule has 1 aromatic carbocycles. The normalized spacial score (nSPS) is 16.2. The SMILES string of the molecule is Cc1ccsc1S(=O)(=O)Nc1ccc2nc(NC(=O)C3CCN(C)CC3)sc2c1. The van der Waals surface area contributed by atoms with Crippen molar-refractivity contribution >= 4 is 59.6 Å². The summed E-state index contributed by atoms with van der Waals surface area (Å²) in [6, 6.07) is 6.98. The molecule has 1 saturated heterocycles. The van der Waals surface area contributed by atoms with E-state index in [0.717, 1.165) is 41.7 Å². The van der Waals surface area contributed by atoms with Gasteiger partial charge in [-0.05, 0) is 75.1 Å². The van der Waals surface area contributed by atoms with Gasteiger partial charge >= 0.3 is 0 Å². The third kappa shape index (κ3) is 4.45. The number of nitrogens with one attached hydrogen (secondary N) is 2. The standard InChI is InChI=1S/C19H22N4O3S3/c1-12-7-10-27-18(12)29(25,26)22-14-3-4-15-16(11-14)28-19(20-15)21-17(24)13-5-8-23(2)9-6-13/h3-4,7,10-11,13,22H,5-6,8-9H2,1-2H3,(H,20,21,24). The number of sulfonamides is 1. The van der Waals surface area contributed by atoms with Crippen molar-refractivity contribution in [3.8, 4) is 0 Å². The van der Waals surface area contributed by atoms with E-state index < -0.39 is 10.0 Å². The molecule has 0 radical (unpaired) electrons. The predicted octanol–water partition coefficient (Wildman–Crippen LogP) is 3.75. The molecule has 1 amide bonds. The molecule has 0 unspecified atom stereocenters. The molecule has 0 saturated carbocycles. The van der Waals surface area contributed by atoms with Gasteiger partial charge in [-0.15, -0.1) is 11.3 Å². The third-order valence-corrected chi connectivity index (χ3v) is 9.02. The molecule has 1 fully saturated rings. The lowest BCUT2D eigenvalue weighted by Gasteiger charge is -2.27. The second-order valence-electron chi connectivity index (χ2n) is 7.26. The predicted molar refractivity (Wildman–Crippen MR) is 118 cm³/mol. The Kier molecular flexibility index (Phi) is 5.60. The molecule has 2 N–H and O–H groups in total. The number of rotatable bonds is 5. The molecule has 0 atom stereocenters. The first-order valence-electron chi connectivity index (χ1n) is 9.29. The smallest absolute Gasteiger partial charge is 0.271 e. The minimum atomic E-state index is -3.62. The van der Waals surface area contributed by atoms with E-state index in [1.54, 1.807) is 36.6 Å². The van der Waals surface area contributed by atoms with Crippen LogP contribution >= 0.6 is 22.7 Å². The van der Waals surface area contributed by atoms with Crippen LogP contribution in [0, 0.1) is 12.8 Å². The van der Waals surface area contributed by atoms with Gasteiger partial charge in [0.25, 0.3) is 10.0 Å². The Labute approximate surface area is 177 Å². The number of nitrogens with zero attached hydrogens (tertiary/aromatic N) is 2. The van der Waals surface area contributed by atoms with Gasteiger partial charge < -0.3 is 10.2 Å². The van der Waals surface area contributed by atoms with Gasteiger partial charge in [0, 0.05) is 5.92 Å². The lowest BCUT2D eigenvalue weighted by atomic mass is 9.96. The molecule has 7 nitrogen and oxygen atoms in total. The molecule has 1 aliphatic heterocycles. The fourth-order valence-electron chi connectivity index (χ4n) is 3.36. The van der Waals surface area contributed by atoms with Gasteiger partial charge in [-0.1, -0.05) is 11.3 Å². The highest BCUT2D eigenvalue weighted by Crippen LogP contribution is 2.31. The molecule has 0 spiro atoms. The maximum atomic E-state index is 12.6. The number of likely N-dealkylation sites (tertiary alicyclic amines) is 1. The van der Waals surface area contributed by atoms with Crippen molar-refractivity contribution in [2.45, 2.75) is 24.0 Å². The van der Waals surface area contributed by atoms with E-state index in [9.17, 15) is 13.2 Å². The number of benzene rings is 1. The average molecular weight is 451 g/mol. The number of amides is 1. The molecular formula is C19H22N4O3S3. The topological polar surface area (TPSA) is 91.4 Å². The van der Waals surface area contributed by atoms with Crippen LogP contribution in [0.2, 0.25) is 0 Å². The van der Waals surface area contributed by atoms with Gasteiger partial charge in [0.2, 0.25) is 5.91 Å². The molecule has 0 bridgehead atoms. The van der Waals surface area contributed by atoms with Crippen molar-refractivity contribution in [2.24, 2.45) is 5.92 Å². The Morgan fingerprint density at radius 3 is 2.69 bits per heavy atom. The minimum Gasteiger partial charge on any atom is -0.306 e. The molecule has 3 aromatic rings. The summed E-state index contributed by atoms with van der Waals surface area (Å²) in [5, 5.41) is 5.23. The molecule has 2 aromatic heterocycles. The average Bonchev–Trinajstić information content (AvgIpc) is 3.27. The second-order valence-corrected chi connectivity index (χ2v) is 11.1. The first kappa shape index (κ1) is 20.3. The van der Waals surface area contributed by atoms with Gasteiger partial charge in [0.15, 0.2) is 5.13 Å². The largest absolute Gasteiger partial charge is 0.306 e. The van der Waals surface area contributed by atoms with Crippen LogP contribution in [0.4, 0.5) is 10.8 Å². The van der Waals surface area contributed by atoms with E-state index in [1.807, 2.05) is 0 Å². The van der Waals surface area contributed by atoms with Crippen LogP contribution in [0.3, 0.4) is 0 Å². The number of anilines is 2. The number of fused-ring (bicyclic) bond motifs is 1. The number of aromatic nitrogens is 1. The molecule has 3 heterocycles. The summed E-state index contributed by atoms with van der Waals surface area (Å²) in [7, 11) is -1.56. The zero-order valence-electron chi connectivity index (χ0n) is 16.1. The van der Waals surface area contributed by atoms with Crippen LogP contribution in [-0.2, 0) is 14.8 Å². The lowest BCUT2D eigenvalue weighted by molar-refractivity contribution is -0.121. The van der Waals surface area contributed by atoms with Crippen molar-refractivity contribution in [3.63, 3.8) is 0 Å². The van der Waals surface area contributed by atoms with E-state index >= 15 is 0 Å². The molecule has 4 rings (SSSR count). The van der Waals surface area contributed by atoms with Crippen molar-refractivity contribution in [3.05, 3.63) is 35.2 Å². The summed E-state index contributed by atoms with van der Waals surface area (Å²) in [6.45, 7) is 3.62. The zero-order chi connectivity index (χ0) is 20.6.